The van der Waals surface area contributed by atoms with Crippen molar-refractivity contribution in [3.05, 3.63) is 41.5 Å². The van der Waals surface area contributed by atoms with Crippen molar-refractivity contribution < 1.29 is 19.4 Å². The first-order valence-corrected chi connectivity index (χ1v) is 7.98. The van der Waals surface area contributed by atoms with Gasteiger partial charge >= 0.3 is 5.97 Å². The minimum Gasteiger partial charge on any atom is -0.478 e. The van der Waals surface area contributed by atoms with Gasteiger partial charge in [0.15, 0.2) is 0 Å². The first-order chi connectivity index (χ1) is 11.1. The van der Waals surface area contributed by atoms with Crippen molar-refractivity contribution in [2.24, 2.45) is 5.92 Å². The van der Waals surface area contributed by atoms with Crippen LogP contribution in [0.5, 0.6) is 0 Å². The maximum absolute atomic E-state index is 12.3. The zero-order chi connectivity index (χ0) is 16.7. The molecule has 1 aromatic rings. The zero-order valence-electron chi connectivity index (χ0n) is 13.4. The number of rotatable bonds is 6. The van der Waals surface area contributed by atoms with Crippen LogP contribution < -0.4 is 0 Å². The fourth-order valence-corrected chi connectivity index (χ4v) is 2.70. The SMILES string of the molecule is CCOCC1CCCN(C(=O)C=Cc2ccc(C(=O)O)cc2)C1. The second kappa shape index (κ2) is 8.48. The Balaban J connectivity index is 1.91. The van der Waals surface area contributed by atoms with Crippen molar-refractivity contribution >= 4 is 18.0 Å². The Hall–Kier alpha value is -2.14. The lowest BCUT2D eigenvalue weighted by molar-refractivity contribution is -0.128. The molecule has 1 heterocycles. The van der Waals surface area contributed by atoms with Crippen molar-refractivity contribution in [2.45, 2.75) is 19.8 Å². The van der Waals surface area contributed by atoms with Crippen molar-refractivity contribution in [2.75, 3.05) is 26.3 Å². The summed E-state index contributed by atoms with van der Waals surface area (Å²) in [5.74, 6) is -0.547. The van der Waals surface area contributed by atoms with E-state index in [1.807, 2.05) is 11.8 Å². The number of carbonyl (C=O) groups excluding carboxylic acids is 1. The number of nitrogens with zero attached hydrogens (tertiary/aromatic N) is 1. The molecule has 0 saturated carbocycles. The summed E-state index contributed by atoms with van der Waals surface area (Å²) in [6, 6.07) is 6.46. The Morgan fingerprint density at radius 3 is 2.74 bits per heavy atom. The summed E-state index contributed by atoms with van der Waals surface area (Å²) >= 11 is 0. The number of carbonyl (C=O) groups is 2. The third kappa shape index (κ3) is 5.21. The van der Waals surface area contributed by atoms with Crippen molar-refractivity contribution in [3.63, 3.8) is 0 Å². The summed E-state index contributed by atoms with van der Waals surface area (Å²) in [5.41, 5.74) is 1.05. The molecule has 1 saturated heterocycles. The average Bonchev–Trinajstić information content (AvgIpc) is 2.58. The molecular formula is C18H23NO4. The standard InChI is InChI=1S/C18H23NO4/c1-2-23-13-15-4-3-11-19(12-15)17(20)10-7-14-5-8-16(9-6-14)18(21)22/h5-10,15H,2-4,11-13H2,1H3,(H,21,22). The molecule has 1 aromatic carbocycles. The summed E-state index contributed by atoms with van der Waals surface area (Å²) in [4.78, 5) is 24.9. The van der Waals surface area contributed by atoms with E-state index < -0.39 is 5.97 Å². The lowest BCUT2D eigenvalue weighted by Gasteiger charge is -2.31. The van der Waals surface area contributed by atoms with E-state index in [1.165, 1.54) is 12.1 Å². The van der Waals surface area contributed by atoms with Gasteiger partial charge in [-0.15, -0.1) is 0 Å². The highest BCUT2D eigenvalue weighted by Gasteiger charge is 2.22. The number of carboxylic acids is 1. The van der Waals surface area contributed by atoms with Crippen LogP contribution in [0.25, 0.3) is 6.08 Å². The number of benzene rings is 1. The molecule has 5 heteroatoms. The van der Waals surface area contributed by atoms with E-state index in [2.05, 4.69) is 0 Å². The fraction of sp³-hybridized carbons (Fsp3) is 0.444. The van der Waals surface area contributed by atoms with Gasteiger partial charge in [-0.25, -0.2) is 4.79 Å². The lowest BCUT2D eigenvalue weighted by Crippen LogP contribution is -2.40. The molecule has 0 aliphatic carbocycles. The monoisotopic (exact) mass is 317 g/mol. The normalized spacial score (nSPS) is 18.3. The Bertz CT molecular complexity index is 565. The lowest BCUT2D eigenvalue weighted by atomic mass is 9.99. The molecule has 124 valence electrons. The molecule has 0 radical (unpaired) electrons. The highest BCUT2D eigenvalue weighted by atomic mass is 16.5. The van der Waals surface area contributed by atoms with E-state index in [0.29, 0.717) is 19.1 Å². The zero-order valence-corrected chi connectivity index (χ0v) is 13.4. The number of likely N-dealkylation sites (tertiary alicyclic amines) is 1. The van der Waals surface area contributed by atoms with Crippen molar-refractivity contribution in [3.8, 4) is 0 Å². The Labute approximate surface area is 136 Å². The van der Waals surface area contributed by atoms with Gasteiger partial charge in [-0.2, -0.15) is 0 Å². The van der Waals surface area contributed by atoms with Crippen LogP contribution in [0.4, 0.5) is 0 Å². The van der Waals surface area contributed by atoms with Crippen molar-refractivity contribution in [1.82, 2.24) is 4.90 Å². The van der Waals surface area contributed by atoms with Crippen LogP contribution in [-0.4, -0.2) is 48.2 Å². The molecule has 1 unspecified atom stereocenters. The van der Waals surface area contributed by atoms with Crippen LogP contribution in [0.3, 0.4) is 0 Å². The third-order valence-electron chi connectivity index (χ3n) is 3.96. The fourth-order valence-electron chi connectivity index (χ4n) is 2.70. The van der Waals surface area contributed by atoms with Gasteiger partial charge in [0.05, 0.1) is 12.2 Å². The first-order valence-electron chi connectivity index (χ1n) is 7.98. The Morgan fingerprint density at radius 1 is 1.35 bits per heavy atom. The molecule has 5 nitrogen and oxygen atoms in total. The molecule has 0 bridgehead atoms. The molecule has 1 atom stereocenters. The predicted octanol–water partition coefficient (Wildman–Crippen LogP) is 2.67. The van der Waals surface area contributed by atoms with Gasteiger partial charge in [0.1, 0.15) is 0 Å². The minimum atomic E-state index is -0.953. The Morgan fingerprint density at radius 2 is 2.09 bits per heavy atom. The number of amides is 1. The third-order valence-corrected chi connectivity index (χ3v) is 3.96. The van der Waals surface area contributed by atoms with Gasteiger partial charge in [0.25, 0.3) is 0 Å². The first kappa shape index (κ1) is 17.2. The minimum absolute atomic E-state index is 0.00601. The quantitative estimate of drug-likeness (QED) is 0.819. The van der Waals surface area contributed by atoms with E-state index in [0.717, 1.165) is 31.5 Å². The molecule has 0 spiro atoms. The molecule has 2 rings (SSSR count). The van der Waals surface area contributed by atoms with Crippen LogP contribution in [-0.2, 0) is 9.53 Å². The highest BCUT2D eigenvalue weighted by molar-refractivity contribution is 5.92. The number of carboxylic acid groups (broad SMARTS) is 1. The smallest absolute Gasteiger partial charge is 0.335 e. The van der Waals surface area contributed by atoms with Crippen LogP contribution >= 0.6 is 0 Å². The number of ether oxygens (including phenoxy) is 1. The summed E-state index contributed by atoms with van der Waals surface area (Å²) in [5, 5.41) is 8.86. The molecule has 23 heavy (non-hydrogen) atoms. The molecule has 1 aliphatic heterocycles. The van der Waals surface area contributed by atoms with E-state index in [9.17, 15) is 9.59 Å². The number of piperidine rings is 1. The summed E-state index contributed by atoms with van der Waals surface area (Å²) in [7, 11) is 0. The number of aromatic carboxylic acids is 1. The molecule has 1 amide bonds. The average molecular weight is 317 g/mol. The van der Waals surface area contributed by atoms with Crippen LogP contribution in [0.2, 0.25) is 0 Å². The van der Waals surface area contributed by atoms with Crippen LogP contribution in [0.1, 0.15) is 35.7 Å². The van der Waals surface area contributed by atoms with E-state index in [-0.39, 0.29) is 11.5 Å². The van der Waals surface area contributed by atoms with Gasteiger partial charge in [-0.3, -0.25) is 4.79 Å². The molecule has 0 aromatic heterocycles. The molecule has 1 N–H and O–H groups in total. The van der Waals surface area contributed by atoms with Crippen LogP contribution in [0, 0.1) is 5.92 Å². The van der Waals surface area contributed by atoms with Gasteiger partial charge in [-0.1, -0.05) is 12.1 Å². The maximum Gasteiger partial charge on any atom is 0.335 e. The van der Waals surface area contributed by atoms with E-state index >= 15 is 0 Å². The largest absolute Gasteiger partial charge is 0.478 e. The van der Waals surface area contributed by atoms with Gasteiger partial charge in [0.2, 0.25) is 5.91 Å². The molecule has 1 fully saturated rings. The molecular weight excluding hydrogens is 294 g/mol. The summed E-state index contributed by atoms with van der Waals surface area (Å²) in [6.07, 6.45) is 5.38. The van der Waals surface area contributed by atoms with Gasteiger partial charge in [0, 0.05) is 25.8 Å². The predicted molar refractivity (Wildman–Crippen MR) is 88.2 cm³/mol. The Kier molecular flexibility index (Phi) is 6.35. The topological polar surface area (TPSA) is 66.8 Å². The highest BCUT2D eigenvalue weighted by Crippen LogP contribution is 2.17. The molecule has 1 aliphatic rings. The number of hydrogen-bond donors (Lipinski definition) is 1. The van der Waals surface area contributed by atoms with Gasteiger partial charge in [-0.05, 0) is 49.5 Å². The van der Waals surface area contributed by atoms with Gasteiger partial charge < -0.3 is 14.7 Å². The summed E-state index contributed by atoms with van der Waals surface area (Å²) < 4.78 is 5.46. The van der Waals surface area contributed by atoms with E-state index in [1.54, 1.807) is 24.3 Å². The van der Waals surface area contributed by atoms with Crippen LogP contribution in [0.15, 0.2) is 30.3 Å². The van der Waals surface area contributed by atoms with E-state index in [4.69, 9.17) is 9.84 Å². The summed E-state index contributed by atoms with van der Waals surface area (Å²) in [6.45, 7) is 4.91. The second-order valence-corrected chi connectivity index (χ2v) is 5.71. The number of hydrogen-bond acceptors (Lipinski definition) is 3. The van der Waals surface area contributed by atoms with Crippen molar-refractivity contribution in [1.29, 1.82) is 0 Å². The second-order valence-electron chi connectivity index (χ2n) is 5.71. The maximum atomic E-state index is 12.3.